The molecule has 0 aliphatic carbocycles. The van der Waals surface area contributed by atoms with Gasteiger partial charge in [-0.2, -0.15) is 0 Å². The number of amidine groups is 1. The third-order valence-corrected chi connectivity index (χ3v) is 6.05. The number of aliphatic imine (C=N–C) groups is 1. The third-order valence-electron chi connectivity index (χ3n) is 4.96. The summed E-state index contributed by atoms with van der Waals surface area (Å²) in [5.74, 6) is 0. The summed E-state index contributed by atoms with van der Waals surface area (Å²) in [6.07, 6.45) is 1.01. The minimum Gasteiger partial charge on any atom is -0.388 e. The maximum Gasteiger partial charge on any atom is 0.159 e. The van der Waals surface area contributed by atoms with Gasteiger partial charge in [0.1, 0.15) is 29.8 Å². The first kappa shape index (κ1) is 19.4. The largest absolute Gasteiger partial charge is 0.388 e. The summed E-state index contributed by atoms with van der Waals surface area (Å²) in [7, 11) is 0. The molecule has 5 atom stereocenters. The number of hydrogen-bond acceptors (Lipinski definition) is 8. The van der Waals surface area contributed by atoms with Crippen molar-refractivity contribution < 1.29 is 14.9 Å². The Morgan fingerprint density at radius 3 is 2.79 bits per heavy atom. The number of benzene rings is 1. The summed E-state index contributed by atoms with van der Waals surface area (Å²) in [6, 6.07) is 9.79. The zero-order chi connectivity index (χ0) is 19.5. The number of ether oxygens (including phenoxy) is 1. The molecule has 1 aromatic carbocycles. The van der Waals surface area contributed by atoms with Crippen LogP contribution < -0.4 is 5.32 Å². The van der Waals surface area contributed by atoms with E-state index < -0.39 is 24.4 Å². The van der Waals surface area contributed by atoms with E-state index in [0.29, 0.717) is 6.54 Å². The fraction of sp³-hybridized carbons (Fsp3) is 0.526. The summed E-state index contributed by atoms with van der Waals surface area (Å²) in [5.41, 5.74) is 1.84. The predicted octanol–water partition coefficient (Wildman–Crippen LogP) is 0.591. The highest BCUT2D eigenvalue weighted by Gasteiger charge is 2.48. The minimum absolute atomic E-state index is 0.307. The Bertz CT molecular complexity index is 815. The van der Waals surface area contributed by atoms with Gasteiger partial charge in [-0.05, 0) is 25.3 Å². The molecule has 9 heteroatoms. The van der Waals surface area contributed by atoms with Gasteiger partial charge in [0, 0.05) is 12.7 Å². The van der Waals surface area contributed by atoms with Crippen LogP contribution in [0, 0.1) is 0 Å². The zero-order valence-electron chi connectivity index (χ0n) is 15.7. The number of aryl methyl sites for hydroxylation is 2. The Morgan fingerprint density at radius 2 is 2.00 bits per heavy atom. The van der Waals surface area contributed by atoms with Gasteiger partial charge in [0.15, 0.2) is 5.17 Å². The highest BCUT2D eigenvalue weighted by Crippen LogP contribution is 2.36. The molecule has 2 aliphatic heterocycles. The van der Waals surface area contributed by atoms with Gasteiger partial charge in [0.25, 0.3) is 0 Å². The normalized spacial score (nSPS) is 29.4. The lowest BCUT2D eigenvalue weighted by atomic mass is 9.98. The number of nitrogens with zero attached hydrogens (tertiary/aromatic N) is 4. The van der Waals surface area contributed by atoms with Gasteiger partial charge >= 0.3 is 0 Å². The monoisotopic (exact) mass is 403 g/mol. The number of hydrogen-bond donors (Lipinski definition) is 3. The Kier molecular flexibility index (Phi) is 5.96. The number of rotatable bonds is 6. The van der Waals surface area contributed by atoms with E-state index in [1.807, 2.05) is 31.3 Å². The smallest absolute Gasteiger partial charge is 0.159 e. The highest BCUT2D eigenvalue weighted by atomic mass is 32.2. The molecule has 0 saturated carbocycles. The fourth-order valence-corrected chi connectivity index (χ4v) is 4.65. The number of fused-ring (bicyclic) bond motifs is 1. The predicted molar refractivity (Wildman–Crippen MR) is 107 cm³/mol. The van der Waals surface area contributed by atoms with Gasteiger partial charge in [-0.3, -0.25) is 4.99 Å². The molecular weight excluding hydrogens is 378 g/mol. The standard InChI is InChI=1S/C19H25N5O3S/c1-2-20-19-21-15-17(26)16(25)14(27-18(15)28-19)11-24-10-13(22-23-24)9-8-12-6-4-3-5-7-12/h3-7,10,14-18,25-26H,2,8-9,11H2,1H3,(H,20,21)/t14-,15-,16-,17-,18-/m1/s1. The van der Waals surface area contributed by atoms with E-state index >= 15 is 0 Å². The molecule has 0 bridgehead atoms. The molecule has 1 aromatic heterocycles. The zero-order valence-corrected chi connectivity index (χ0v) is 16.5. The van der Waals surface area contributed by atoms with E-state index in [2.05, 4.69) is 32.8 Å². The molecule has 0 spiro atoms. The number of thioether (sulfide) groups is 1. The Morgan fingerprint density at radius 1 is 1.18 bits per heavy atom. The summed E-state index contributed by atoms with van der Waals surface area (Å²) < 4.78 is 7.70. The molecule has 28 heavy (non-hydrogen) atoms. The Balaban J connectivity index is 1.35. The molecule has 150 valence electrons. The topological polar surface area (TPSA) is 105 Å². The number of aliphatic hydroxyl groups excluding tert-OH is 2. The Hall–Kier alpha value is -1.94. The molecule has 3 heterocycles. The molecule has 0 radical (unpaired) electrons. The van der Waals surface area contributed by atoms with Crippen LogP contribution in [0.2, 0.25) is 0 Å². The number of aromatic nitrogens is 3. The van der Waals surface area contributed by atoms with Gasteiger partial charge in [0.05, 0.1) is 12.2 Å². The second kappa shape index (κ2) is 8.60. The lowest BCUT2D eigenvalue weighted by molar-refractivity contribution is -0.157. The van der Waals surface area contributed by atoms with Crippen LogP contribution in [0.1, 0.15) is 18.2 Å². The van der Waals surface area contributed by atoms with Crippen LogP contribution in [0.5, 0.6) is 0 Å². The van der Waals surface area contributed by atoms with Gasteiger partial charge in [-0.25, -0.2) is 4.68 Å². The summed E-state index contributed by atoms with van der Waals surface area (Å²) in [4.78, 5) is 4.43. The molecular formula is C19H25N5O3S. The first-order valence-corrected chi connectivity index (χ1v) is 10.4. The van der Waals surface area contributed by atoms with Crippen molar-refractivity contribution in [2.45, 2.75) is 56.1 Å². The Labute approximate surface area is 168 Å². The van der Waals surface area contributed by atoms with Crippen LogP contribution in [0.15, 0.2) is 41.5 Å². The molecule has 0 amide bonds. The first-order chi connectivity index (χ1) is 13.6. The van der Waals surface area contributed by atoms with Crippen molar-refractivity contribution in [1.82, 2.24) is 20.3 Å². The van der Waals surface area contributed by atoms with Crippen LogP contribution in [0.4, 0.5) is 0 Å². The average Bonchev–Trinajstić information content (AvgIpc) is 3.32. The fourth-order valence-electron chi connectivity index (χ4n) is 3.46. The van der Waals surface area contributed by atoms with Gasteiger partial charge in [-0.1, -0.05) is 47.3 Å². The second-order valence-corrected chi connectivity index (χ2v) is 8.10. The van der Waals surface area contributed by atoms with Crippen molar-refractivity contribution >= 4 is 16.9 Å². The lowest BCUT2D eigenvalue weighted by Crippen LogP contribution is -2.55. The second-order valence-electron chi connectivity index (χ2n) is 7.01. The molecule has 3 N–H and O–H groups in total. The van der Waals surface area contributed by atoms with Crippen molar-refractivity contribution in [2.24, 2.45) is 4.99 Å². The van der Waals surface area contributed by atoms with Crippen LogP contribution in [-0.2, 0) is 24.1 Å². The first-order valence-electron chi connectivity index (χ1n) is 9.57. The highest BCUT2D eigenvalue weighted by molar-refractivity contribution is 8.14. The van der Waals surface area contributed by atoms with Crippen LogP contribution in [-0.4, -0.2) is 66.7 Å². The molecule has 1 saturated heterocycles. The summed E-state index contributed by atoms with van der Waals surface area (Å²) >= 11 is 1.45. The summed E-state index contributed by atoms with van der Waals surface area (Å²) in [6.45, 7) is 3.06. The molecule has 2 aliphatic rings. The van der Waals surface area contributed by atoms with Crippen LogP contribution >= 0.6 is 11.8 Å². The lowest BCUT2D eigenvalue weighted by Gasteiger charge is -2.38. The average molecular weight is 404 g/mol. The quantitative estimate of drug-likeness (QED) is 0.648. The van der Waals surface area contributed by atoms with E-state index in [9.17, 15) is 10.2 Å². The van der Waals surface area contributed by atoms with Gasteiger partial charge in [-0.15, -0.1) is 5.10 Å². The van der Waals surface area contributed by atoms with E-state index in [0.717, 1.165) is 30.2 Å². The molecule has 8 nitrogen and oxygen atoms in total. The summed E-state index contributed by atoms with van der Waals surface area (Å²) in [5, 5.41) is 33.2. The van der Waals surface area contributed by atoms with E-state index in [1.54, 1.807) is 4.68 Å². The SMILES string of the molecule is CCNC1=N[C@@H]2[C@@H](O)[C@H](O)[C@@H](Cn3cc(CCc4ccccc4)nn3)O[C@@H]2S1. The van der Waals surface area contributed by atoms with Gasteiger partial charge in [0.2, 0.25) is 0 Å². The molecule has 0 unspecified atom stereocenters. The maximum absolute atomic E-state index is 10.5. The number of aliphatic hydroxyl groups is 2. The third kappa shape index (κ3) is 4.22. The molecule has 4 rings (SSSR count). The van der Waals surface area contributed by atoms with Crippen LogP contribution in [0.25, 0.3) is 0 Å². The van der Waals surface area contributed by atoms with Gasteiger partial charge < -0.3 is 20.3 Å². The maximum atomic E-state index is 10.5. The van der Waals surface area contributed by atoms with Crippen molar-refractivity contribution in [2.75, 3.05) is 6.54 Å². The minimum atomic E-state index is -1.02. The van der Waals surface area contributed by atoms with Crippen LogP contribution in [0.3, 0.4) is 0 Å². The number of nitrogens with one attached hydrogen (secondary N) is 1. The van der Waals surface area contributed by atoms with Crippen molar-refractivity contribution in [3.63, 3.8) is 0 Å². The molecule has 2 aromatic rings. The molecule has 1 fully saturated rings. The van der Waals surface area contributed by atoms with Crippen molar-refractivity contribution in [3.05, 3.63) is 47.8 Å². The van der Waals surface area contributed by atoms with Crippen molar-refractivity contribution in [1.29, 1.82) is 0 Å². The van der Waals surface area contributed by atoms with E-state index in [1.165, 1.54) is 17.3 Å². The van der Waals surface area contributed by atoms with E-state index in [-0.39, 0.29) is 5.44 Å². The van der Waals surface area contributed by atoms with E-state index in [4.69, 9.17) is 4.74 Å². The van der Waals surface area contributed by atoms with Crippen molar-refractivity contribution in [3.8, 4) is 0 Å².